The number of hydrogen-bond donors (Lipinski definition) is 2. The zero-order chi connectivity index (χ0) is 17.6. The number of carbonyl (C=O) groups excluding carboxylic acids is 1. The molecule has 25 heavy (non-hydrogen) atoms. The van der Waals surface area contributed by atoms with Gasteiger partial charge in [0, 0.05) is 11.7 Å². The van der Waals surface area contributed by atoms with E-state index in [-0.39, 0.29) is 11.9 Å². The molecule has 0 fully saturated rings. The lowest BCUT2D eigenvalue weighted by Crippen LogP contribution is -2.28. The fourth-order valence-corrected chi connectivity index (χ4v) is 2.71. The molecule has 1 aromatic carbocycles. The van der Waals surface area contributed by atoms with Gasteiger partial charge >= 0.3 is 0 Å². The summed E-state index contributed by atoms with van der Waals surface area (Å²) < 4.78 is 5.53. The second-order valence-corrected chi connectivity index (χ2v) is 6.13. The Morgan fingerprint density at radius 1 is 1.28 bits per heavy atom. The van der Waals surface area contributed by atoms with Gasteiger partial charge in [-0.05, 0) is 48.6 Å². The second-order valence-electron chi connectivity index (χ2n) is 6.13. The van der Waals surface area contributed by atoms with Crippen LogP contribution in [0.5, 0.6) is 5.75 Å². The van der Waals surface area contributed by atoms with E-state index in [1.54, 1.807) is 6.20 Å². The van der Waals surface area contributed by atoms with Crippen molar-refractivity contribution in [3.8, 4) is 5.75 Å². The number of rotatable bonds is 7. The van der Waals surface area contributed by atoms with Crippen LogP contribution in [0.4, 0.5) is 0 Å². The molecule has 0 aliphatic rings. The predicted octanol–water partition coefficient (Wildman–Crippen LogP) is 3.77. The van der Waals surface area contributed by atoms with Crippen molar-refractivity contribution in [1.82, 2.24) is 15.3 Å². The number of nitrogens with zero attached hydrogens (tertiary/aromatic N) is 1. The third-order valence-corrected chi connectivity index (χ3v) is 4.04. The van der Waals surface area contributed by atoms with Crippen molar-refractivity contribution in [3.63, 3.8) is 0 Å². The van der Waals surface area contributed by atoms with Crippen LogP contribution in [0.3, 0.4) is 0 Å². The van der Waals surface area contributed by atoms with Crippen LogP contribution >= 0.6 is 0 Å². The van der Waals surface area contributed by atoms with E-state index in [2.05, 4.69) is 22.2 Å². The standard InChI is InChI=1S/C20H23N3O2/c1-3-10-25-17-6-7-18(22-13-17)14(2)23-20(24)12-15-4-5-16-8-9-21-19(16)11-15/h4-9,11,13-14,21H,3,10,12H2,1-2H3,(H,23,24)/t14-/m1/s1. The molecule has 0 unspecified atom stereocenters. The molecule has 0 spiro atoms. The Hall–Kier alpha value is -2.82. The largest absolute Gasteiger partial charge is 0.492 e. The Labute approximate surface area is 147 Å². The third-order valence-electron chi connectivity index (χ3n) is 4.04. The minimum atomic E-state index is -0.151. The molecule has 5 nitrogen and oxygen atoms in total. The molecule has 5 heteroatoms. The predicted molar refractivity (Wildman–Crippen MR) is 98.6 cm³/mol. The molecule has 0 aliphatic heterocycles. The van der Waals surface area contributed by atoms with Crippen molar-refractivity contribution in [3.05, 3.63) is 60.0 Å². The summed E-state index contributed by atoms with van der Waals surface area (Å²) >= 11 is 0. The number of aromatic amines is 1. The lowest BCUT2D eigenvalue weighted by Gasteiger charge is -2.14. The summed E-state index contributed by atoms with van der Waals surface area (Å²) in [6.45, 7) is 4.67. The monoisotopic (exact) mass is 337 g/mol. The second kappa shape index (κ2) is 7.83. The number of H-pyrrole nitrogens is 1. The van der Waals surface area contributed by atoms with Gasteiger partial charge in [-0.25, -0.2) is 0 Å². The first kappa shape index (κ1) is 17.0. The first-order chi connectivity index (χ1) is 12.2. The van der Waals surface area contributed by atoms with Crippen LogP contribution in [0.1, 0.15) is 37.6 Å². The molecule has 1 atom stereocenters. The van der Waals surface area contributed by atoms with E-state index in [4.69, 9.17) is 4.74 Å². The van der Waals surface area contributed by atoms with Gasteiger partial charge in [-0.2, -0.15) is 0 Å². The number of hydrogen-bond acceptors (Lipinski definition) is 3. The first-order valence-corrected chi connectivity index (χ1v) is 8.60. The maximum atomic E-state index is 12.3. The van der Waals surface area contributed by atoms with Gasteiger partial charge in [0.15, 0.2) is 0 Å². The van der Waals surface area contributed by atoms with E-state index in [1.165, 1.54) is 0 Å². The van der Waals surface area contributed by atoms with Crippen molar-refractivity contribution in [1.29, 1.82) is 0 Å². The van der Waals surface area contributed by atoms with Crippen LogP contribution in [0.25, 0.3) is 10.9 Å². The van der Waals surface area contributed by atoms with Gasteiger partial charge < -0.3 is 15.0 Å². The molecule has 0 radical (unpaired) electrons. The van der Waals surface area contributed by atoms with E-state index in [9.17, 15) is 4.79 Å². The molecular weight excluding hydrogens is 314 g/mol. The van der Waals surface area contributed by atoms with E-state index >= 15 is 0 Å². The molecule has 3 rings (SSSR count). The highest BCUT2D eigenvalue weighted by Gasteiger charge is 2.12. The van der Waals surface area contributed by atoms with Gasteiger partial charge in [-0.15, -0.1) is 0 Å². The van der Waals surface area contributed by atoms with Gasteiger partial charge in [-0.3, -0.25) is 9.78 Å². The van der Waals surface area contributed by atoms with Crippen LogP contribution in [0.15, 0.2) is 48.8 Å². The molecule has 1 amide bonds. The number of benzene rings is 1. The number of ether oxygens (including phenoxy) is 1. The molecule has 3 aromatic rings. The average molecular weight is 337 g/mol. The Morgan fingerprint density at radius 3 is 2.92 bits per heavy atom. The number of pyridine rings is 1. The SMILES string of the molecule is CCCOc1ccc([C@@H](C)NC(=O)Cc2ccc3cc[nH]c3c2)nc1. The number of nitrogens with one attached hydrogen (secondary N) is 2. The number of carbonyl (C=O) groups is 1. The molecular formula is C20H23N3O2. The minimum Gasteiger partial charge on any atom is -0.492 e. The molecule has 2 aromatic heterocycles. The van der Waals surface area contributed by atoms with Crippen molar-refractivity contribution < 1.29 is 9.53 Å². The van der Waals surface area contributed by atoms with Gasteiger partial charge in [0.1, 0.15) is 5.75 Å². The zero-order valence-electron chi connectivity index (χ0n) is 14.6. The quantitative estimate of drug-likeness (QED) is 0.689. The fourth-order valence-electron chi connectivity index (χ4n) is 2.71. The number of fused-ring (bicyclic) bond motifs is 1. The maximum Gasteiger partial charge on any atom is 0.224 e. The topological polar surface area (TPSA) is 67.0 Å². The average Bonchev–Trinajstić information content (AvgIpc) is 3.08. The maximum absolute atomic E-state index is 12.3. The summed E-state index contributed by atoms with van der Waals surface area (Å²) in [5.74, 6) is 0.731. The van der Waals surface area contributed by atoms with Gasteiger partial charge in [0.2, 0.25) is 5.91 Å². The summed E-state index contributed by atoms with van der Waals surface area (Å²) in [5, 5.41) is 4.14. The van der Waals surface area contributed by atoms with Crippen LogP contribution in [-0.4, -0.2) is 22.5 Å². The van der Waals surface area contributed by atoms with Crippen LogP contribution in [0.2, 0.25) is 0 Å². The minimum absolute atomic E-state index is 0.0217. The number of aromatic nitrogens is 2. The molecule has 2 heterocycles. The van der Waals surface area contributed by atoms with E-state index in [1.807, 2.05) is 49.5 Å². The fraction of sp³-hybridized carbons (Fsp3) is 0.300. The van der Waals surface area contributed by atoms with Crippen LogP contribution in [-0.2, 0) is 11.2 Å². The van der Waals surface area contributed by atoms with E-state index in [0.717, 1.165) is 34.3 Å². The molecule has 0 bridgehead atoms. The van der Waals surface area contributed by atoms with Crippen LogP contribution < -0.4 is 10.1 Å². The highest BCUT2D eigenvalue weighted by Crippen LogP contribution is 2.16. The smallest absolute Gasteiger partial charge is 0.224 e. The Bertz CT molecular complexity index is 840. The van der Waals surface area contributed by atoms with Crippen molar-refractivity contribution in [2.45, 2.75) is 32.7 Å². The summed E-state index contributed by atoms with van der Waals surface area (Å²) in [4.78, 5) is 19.9. The Morgan fingerprint density at radius 2 is 2.16 bits per heavy atom. The first-order valence-electron chi connectivity index (χ1n) is 8.60. The normalized spacial score (nSPS) is 12.1. The van der Waals surface area contributed by atoms with E-state index < -0.39 is 0 Å². The summed E-state index contributed by atoms with van der Waals surface area (Å²) in [6, 6.07) is 11.7. The van der Waals surface area contributed by atoms with Crippen LogP contribution in [0, 0.1) is 0 Å². The van der Waals surface area contributed by atoms with Crippen molar-refractivity contribution in [2.24, 2.45) is 0 Å². The lowest BCUT2D eigenvalue weighted by molar-refractivity contribution is -0.121. The van der Waals surface area contributed by atoms with Crippen molar-refractivity contribution >= 4 is 16.8 Å². The van der Waals surface area contributed by atoms with Gasteiger partial charge in [-0.1, -0.05) is 19.1 Å². The summed E-state index contributed by atoms with van der Waals surface area (Å²) in [6.07, 6.45) is 4.91. The highest BCUT2D eigenvalue weighted by atomic mass is 16.5. The zero-order valence-corrected chi connectivity index (χ0v) is 14.6. The van der Waals surface area contributed by atoms with E-state index in [0.29, 0.717) is 13.0 Å². The third kappa shape index (κ3) is 4.38. The molecule has 0 saturated heterocycles. The summed E-state index contributed by atoms with van der Waals surface area (Å²) in [5.41, 5.74) is 2.84. The van der Waals surface area contributed by atoms with Gasteiger partial charge in [0.25, 0.3) is 0 Å². The summed E-state index contributed by atoms with van der Waals surface area (Å²) in [7, 11) is 0. The molecule has 2 N–H and O–H groups in total. The lowest BCUT2D eigenvalue weighted by atomic mass is 10.1. The highest BCUT2D eigenvalue weighted by molar-refractivity contribution is 5.83. The Kier molecular flexibility index (Phi) is 5.33. The molecule has 0 aliphatic carbocycles. The number of amides is 1. The molecule has 130 valence electrons. The Balaban J connectivity index is 1.57. The molecule has 0 saturated carbocycles. The van der Waals surface area contributed by atoms with Crippen molar-refractivity contribution in [2.75, 3.05) is 6.61 Å². The van der Waals surface area contributed by atoms with Gasteiger partial charge in [0.05, 0.1) is 31.0 Å².